The number of nitrogens with zero attached hydrogens (tertiary/aromatic N) is 1. The van der Waals surface area contributed by atoms with E-state index in [0.717, 1.165) is 13.0 Å². The molecule has 1 saturated heterocycles. The molecule has 2 aromatic rings. The molecule has 1 aliphatic heterocycles. The molecule has 26 heavy (non-hydrogen) atoms. The van der Waals surface area contributed by atoms with Crippen LogP contribution in [-0.2, 0) is 4.74 Å². The molecular weight excluding hydrogens is 326 g/mol. The second kappa shape index (κ2) is 11.3. The standard InChI is InChI=1S/C16H23NO2.C6H6O/c1-14-8-5-6-11-17(14)12-7-13-19-16(18)15-9-3-2-4-10-15;7-6-4-2-1-3-5-6/h2-4,9-10,14H,5-8,11-13H2,1H3;1-5,7H. The number of ether oxygens (including phenoxy) is 1. The van der Waals surface area contributed by atoms with Crippen molar-refractivity contribution < 1.29 is 14.6 Å². The average Bonchev–Trinajstić information content (AvgIpc) is 2.68. The molecule has 4 heteroatoms. The molecule has 1 aliphatic rings. The molecular formula is C22H29NO3. The van der Waals surface area contributed by atoms with Crippen molar-refractivity contribution >= 4 is 5.97 Å². The summed E-state index contributed by atoms with van der Waals surface area (Å²) in [6.07, 6.45) is 4.86. The van der Waals surface area contributed by atoms with Gasteiger partial charge in [0.2, 0.25) is 0 Å². The number of rotatable bonds is 5. The lowest BCUT2D eigenvalue weighted by atomic mass is 10.0. The monoisotopic (exact) mass is 355 g/mol. The minimum atomic E-state index is -0.215. The van der Waals surface area contributed by atoms with Gasteiger partial charge in [-0.3, -0.25) is 0 Å². The van der Waals surface area contributed by atoms with Crippen molar-refractivity contribution in [2.24, 2.45) is 0 Å². The lowest BCUT2D eigenvalue weighted by molar-refractivity contribution is 0.0475. The Morgan fingerprint density at radius 3 is 2.31 bits per heavy atom. The predicted molar refractivity (Wildman–Crippen MR) is 104 cm³/mol. The van der Waals surface area contributed by atoms with Gasteiger partial charge < -0.3 is 14.7 Å². The van der Waals surface area contributed by atoms with Crippen molar-refractivity contribution in [2.45, 2.75) is 38.6 Å². The highest BCUT2D eigenvalue weighted by Crippen LogP contribution is 2.16. The third kappa shape index (κ3) is 7.28. The highest BCUT2D eigenvalue weighted by Gasteiger charge is 2.17. The maximum atomic E-state index is 11.7. The van der Waals surface area contributed by atoms with Gasteiger partial charge in [-0.1, -0.05) is 42.8 Å². The topological polar surface area (TPSA) is 49.8 Å². The van der Waals surface area contributed by atoms with Crippen molar-refractivity contribution in [1.29, 1.82) is 0 Å². The first kappa shape index (κ1) is 20.0. The number of carbonyl (C=O) groups excluding carboxylic acids is 1. The third-order valence-corrected chi connectivity index (χ3v) is 4.53. The van der Waals surface area contributed by atoms with E-state index in [-0.39, 0.29) is 5.97 Å². The van der Waals surface area contributed by atoms with E-state index >= 15 is 0 Å². The van der Waals surface area contributed by atoms with Crippen LogP contribution in [-0.4, -0.2) is 41.7 Å². The van der Waals surface area contributed by atoms with E-state index in [1.54, 1.807) is 36.4 Å². The molecule has 1 N–H and O–H groups in total. The number of likely N-dealkylation sites (tertiary alicyclic amines) is 1. The summed E-state index contributed by atoms with van der Waals surface area (Å²) in [5.41, 5.74) is 0.633. The lowest BCUT2D eigenvalue weighted by Gasteiger charge is -2.33. The maximum absolute atomic E-state index is 11.7. The normalized spacial score (nSPS) is 17.0. The number of para-hydroxylation sites is 1. The summed E-state index contributed by atoms with van der Waals surface area (Å²) in [5.74, 6) is 0.106. The number of aromatic hydroxyl groups is 1. The van der Waals surface area contributed by atoms with Gasteiger partial charge in [-0.25, -0.2) is 4.79 Å². The van der Waals surface area contributed by atoms with E-state index in [1.165, 1.54) is 25.8 Å². The van der Waals surface area contributed by atoms with Gasteiger partial charge >= 0.3 is 5.97 Å². The summed E-state index contributed by atoms with van der Waals surface area (Å²) >= 11 is 0. The van der Waals surface area contributed by atoms with Gasteiger partial charge in [0.25, 0.3) is 0 Å². The average molecular weight is 355 g/mol. The van der Waals surface area contributed by atoms with Crippen LogP contribution in [0.2, 0.25) is 0 Å². The van der Waals surface area contributed by atoms with Crippen molar-refractivity contribution in [1.82, 2.24) is 4.90 Å². The zero-order valence-corrected chi connectivity index (χ0v) is 15.5. The first-order chi connectivity index (χ1) is 12.7. The maximum Gasteiger partial charge on any atom is 0.338 e. The number of piperidine rings is 1. The molecule has 0 bridgehead atoms. The number of benzene rings is 2. The van der Waals surface area contributed by atoms with Gasteiger partial charge in [0, 0.05) is 12.6 Å². The second-order valence-corrected chi connectivity index (χ2v) is 6.57. The molecule has 0 spiro atoms. The molecule has 3 rings (SSSR count). The highest BCUT2D eigenvalue weighted by molar-refractivity contribution is 5.89. The fourth-order valence-corrected chi connectivity index (χ4v) is 3.01. The van der Waals surface area contributed by atoms with Crippen LogP contribution in [0.4, 0.5) is 0 Å². The molecule has 1 fully saturated rings. The highest BCUT2D eigenvalue weighted by atomic mass is 16.5. The fourth-order valence-electron chi connectivity index (χ4n) is 3.01. The van der Waals surface area contributed by atoms with Crippen LogP contribution in [0.3, 0.4) is 0 Å². The van der Waals surface area contributed by atoms with Gasteiger partial charge in [-0.05, 0) is 57.0 Å². The quantitative estimate of drug-likeness (QED) is 0.634. The van der Waals surface area contributed by atoms with Crippen LogP contribution in [0.1, 0.15) is 43.0 Å². The van der Waals surface area contributed by atoms with Crippen LogP contribution in [0, 0.1) is 0 Å². The Bertz CT molecular complexity index is 630. The Hall–Kier alpha value is -2.33. The second-order valence-electron chi connectivity index (χ2n) is 6.57. The van der Waals surface area contributed by atoms with E-state index in [1.807, 2.05) is 24.3 Å². The Balaban J connectivity index is 0.000000290. The summed E-state index contributed by atoms with van der Waals surface area (Å²) in [6.45, 7) is 5.02. The molecule has 2 aromatic carbocycles. The number of hydrogen-bond acceptors (Lipinski definition) is 4. The zero-order valence-electron chi connectivity index (χ0n) is 15.5. The minimum Gasteiger partial charge on any atom is -0.508 e. The van der Waals surface area contributed by atoms with Crippen LogP contribution in [0.25, 0.3) is 0 Å². The number of esters is 1. The van der Waals surface area contributed by atoms with E-state index in [4.69, 9.17) is 9.84 Å². The van der Waals surface area contributed by atoms with E-state index in [2.05, 4.69) is 11.8 Å². The van der Waals surface area contributed by atoms with E-state index in [0.29, 0.717) is 24.0 Å². The van der Waals surface area contributed by atoms with Gasteiger partial charge in [0.1, 0.15) is 5.75 Å². The molecule has 140 valence electrons. The van der Waals surface area contributed by atoms with Gasteiger partial charge in [0.05, 0.1) is 12.2 Å². The smallest absolute Gasteiger partial charge is 0.338 e. The number of carbonyl (C=O) groups is 1. The fraction of sp³-hybridized carbons (Fsp3) is 0.409. The Morgan fingerprint density at radius 2 is 1.73 bits per heavy atom. The first-order valence-electron chi connectivity index (χ1n) is 9.37. The summed E-state index contributed by atoms with van der Waals surface area (Å²) in [5, 5.41) is 8.63. The van der Waals surface area contributed by atoms with Crippen LogP contribution >= 0.6 is 0 Å². The summed E-state index contributed by atoms with van der Waals surface area (Å²) < 4.78 is 5.29. The first-order valence-corrected chi connectivity index (χ1v) is 9.37. The summed E-state index contributed by atoms with van der Waals surface area (Å²) in [7, 11) is 0. The Kier molecular flexibility index (Phi) is 8.70. The molecule has 4 nitrogen and oxygen atoms in total. The number of phenols is 1. The minimum absolute atomic E-state index is 0.215. The van der Waals surface area contributed by atoms with E-state index < -0.39 is 0 Å². The number of phenolic OH excluding ortho intramolecular Hbond substituents is 1. The molecule has 1 atom stereocenters. The lowest BCUT2D eigenvalue weighted by Crippen LogP contribution is -2.38. The zero-order chi connectivity index (χ0) is 18.6. The van der Waals surface area contributed by atoms with Crippen molar-refractivity contribution in [3.05, 3.63) is 66.2 Å². The summed E-state index contributed by atoms with van der Waals surface area (Å²) in [4.78, 5) is 14.2. The van der Waals surface area contributed by atoms with Crippen LogP contribution in [0.5, 0.6) is 5.75 Å². The SMILES string of the molecule is CC1CCCCN1CCCOC(=O)c1ccccc1.Oc1ccccc1. The van der Waals surface area contributed by atoms with Gasteiger partial charge in [-0.15, -0.1) is 0 Å². The third-order valence-electron chi connectivity index (χ3n) is 4.53. The van der Waals surface area contributed by atoms with Crippen LogP contribution < -0.4 is 0 Å². The summed E-state index contributed by atoms with van der Waals surface area (Å²) in [6, 6.07) is 18.6. The number of hydrogen-bond donors (Lipinski definition) is 1. The van der Waals surface area contributed by atoms with Gasteiger partial charge in [-0.2, -0.15) is 0 Å². The molecule has 1 unspecified atom stereocenters. The molecule has 0 saturated carbocycles. The Labute approximate surface area is 156 Å². The predicted octanol–water partition coefficient (Wildman–Crippen LogP) is 4.50. The molecule has 1 heterocycles. The van der Waals surface area contributed by atoms with Crippen molar-refractivity contribution in [2.75, 3.05) is 19.7 Å². The Morgan fingerprint density at radius 1 is 1.08 bits per heavy atom. The molecule has 0 amide bonds. The van der Waals surface area contributed by atoms with Crippen molar-refractivity contribution in [3.8, 4) is 5.75 Å². The van der Waals surface area contributed by atoms with Crippen LogP contribution in [0.15, 0.2) is 60.7 Å². The van der Waals surface area contributed by atoms with Gasteiger partial charge in [0.15, 0.2) is 0 Å². The largest absolute Gasteiger partial charge is 0.508 e. The molecule has 0 radical (unpaired) electrons. The molecule has 0 aliphatic carbocycles. The van der Waals surface area contributed by atoms with E-state index in [9.17, 15) is 4.79 Å². The van der Waals surface area contributed by atoms with Crippen molar-refractivity contribution in [3.63, 3.8) is 0 Å². The molecule has 0 aromatic heterocycles.